The Bertz CT molecular complexity index is 605. The third kappa shape index (κ3) is 2.67. The van der Waals surface area contributed by atoms with Gasteiger partial charge in [0.05, 0.1) is 6.54 Å². The number of aromatic nitrogens is 3. The minimum atomic E-state index is -0.163. The van der Waals surface area contributed by atoms with Crippen molar-refractivity contribution in [1.82, 2.24) is 20.1 Å². The molecule has 1 aliphatic rings. The SMILES string of the molecule is Cn1cnc(CNC2CC(C)(C)Oc3ccccc32)n1. The van der Waals surface area contributed by atoms with Gasteiger partial charge >= 0.3 is 0 Å². The van der Waals surface area contributed by atoms with Crippen molar-refractivity contribution in [2.24, 2.45) is 7.05 Å². The molecular formula is C15H20N4O. The summed E-state index contributed by atoms with van der Waals surface area (Å²) in [6.07, 6.45) is 2.65. The number of nitrogens with one attached hydrogen (secondary N) is 1. The maximum Gasteiger partial charge on any atom is 0.164 e. The molecule has 1 aromatic carbocycles. The van der Waals surface area contributed by atoms with Crippen LogP contribution in [0, 0.1) is 0 Å². The van der Waals surface area contributed by atoms with E-state index in [0.29, 0.717) is 6.54 Å². The van der Waals surface area contributed by atoms with Crippen molar-refractivity contribution in [2.45, 2.75) is 38.5 Å². The number of ether oxygens (including phenoxy) is 1. The van der Waals surface area contributed by atoms with Crippen LogP contribution in [0.25, 0.3) is 0 Å². The average molecular weight is 272 g/mol. The molecule has 5 heteroatoms. The molecule has 2 aromatic rings. The van der Waals surface area contributed by atoms with Gasteiger partial charge in [0, 0.05) is 25.1 Å². The van der Waals surface area contributed by atoms with Gasteiger partial charge in [-0.05, 0) is 19.9 Å². The van der Waals surface area contributed by atoms with Gasteiger partial charge in [0.25, 0.3) is 0 Å². The second-order valence-electron chi connectivity index (χ2n) is 5.87. The summed E-state index contributed by atoms with van der Waals surface area (Å²) in [6.45, 7) is 4.91. The molecule has 1 aliphatic heterocycles. The van der Waals surface area contributed by atoms with E-state index in [0.717, 1.165) is 18.0 Å². The predicted molar refractivity (Wildman–Crippen MR) is 76.3 cm³/mol. The molecule has 2 heterocycles. The monoisotopic (exact) mass is 272 g/mol. The zero-order valence-electron chi connectivity index (χ0n) is 12.1. The highest BCUT2D eigenvalue weighted by Gasteiger charge is 2.33. The number of para-hydroxylation sites is 1. The Morgan fingerprint density at radius 1 is 1.40 bits per heavy atom. The molecule has 0 aliphatic carbocycles. The Morgan fingerprint density at radius 3 is 2.95 bits per heavy atom. The van der Waals surface area contributed by atoms with E-state index in [9.17, 15) is 0 Å². The Morgan fingerprint density at radius 2 is 2.20 bits per heavy atom. The first-order valence-electron chi connectivity index (χ1n) is 6.89. The molecular weight excluding hydrogens is 252 g/mol. The molecule has 0 fully saturated rings. The van der Waals surface area contributed by atoms with E-state index in [1.54, 1.807) is 11.0 Å². The van der Waals surface area contributed by atoms with Crippen LogP contribution in [0.4, 0.5) is 0 Å². The fraction of sp³-hybridized carbons (Fsp3) is 0.467. The van der Waals surface area contributed by atoms with Crippen LogP contribution in [0.1, 0.15) is 37.7 Å². The van der Waals surface area contributed by atoms with Crippen molar-refractivity contribution in [3.63, 3.8) is 0 Å². The van der Waals surface area contributed by atoms with Crippen LogP contribution in [0.5, 0.6) is 5.75 Å². The second-order valence-corrected chi connectivity index (χ2v) is 5.87. The van der Waals surface area contributed by atoms with E-state index >= 15 is 0 Å². The van der Waals surface area contributed by atoms with Gasteiger partial charge in [-0.1, -0.05) is 18.2 Å². The largest absolute Gasteiger partial charge is 0.487 e. The van der Waals surface area contributed by atoms with Crippen LogP contribution >= 0.6 is 0 Å². The summed E-state index contributed by atoms with van der Waals surface area (Å²) in [5, 5.41) is 7.84. The molecule has 0 saturated heterocycles. The summed E-state index contributed by atoms with van der Waals surface area (Å²) in [5.41, 5.74) is 1.05. The Hall–Kier alpha value is -1.88. The zero-order chi connectivity index (χ0) is 14.2. The third-order valence-electron chi connectivity index (χ3n) is 3.53. The molecule has 0 saturated carbocycles. The number of nitrogens with zero attached hydrogens (tertiary/aromatic N) is 3. The van der Waals surface area contributed by atoms with Crippen LogP contribution in [-0.4, -0.2) is 20.4 Å². The summed E-state index contributed by atoms with van der Waals surface area (Å²) in [4.78, 5) is 4.25. The summed E-state index contributed by atoms with van der Waals surface area (Å²) in [7, 11) is 1.88. The van der Waals surface area contributed by atoms with Gasteiger partial charge in [-0.15, -0.1) is 0 Å². The van der Waals surface area contributed by atoms with Gasteiger partial charge in [-0.3, -0.25) is 4.68 Å². The fourth-order valence-electron chi connectivity index (χ4n) is 2.66. The molecule has 0 spiro atoms. The lowest BCUT2D eigenvalue weighted by Gasteiger charge is -2.37. The highest BCUT2D eigenvalue weighted by Crippen LogP contribution is 2.39. The van der Waals surface area contributed by atoms with Crippen LogP contribution < -0.4 is 10.1 Å². The van der Waals surface area contributed by atoms with Gasteiger partial charge < -0.3 is 10.1 Å². The standard InChI is InChI=1S/C15H20N4O/c1-15(2)8-12(11-6-4-5-7-13(11)20-15)16-9-14-17-10-19(3)18-14/h4-7,10,12,16H,8-9H2,1-3H3. The minimum Gasteiger partial charge on any atom is -0.487 e. The normalized spacial score (nSPS) is 20.2. The van der Waals surface area contributed by atoms with Gasteiger partial charge in [0.2, 0.25) is 0 Å². The van der Waals surface area contributed by atoms with Gasteiger partial charge in [-0.25, -0.2) is 4.98 Å². The summed E-state index contributed by atoms with van der Waals surface area (Å²) in [5.74, 6) is 1.78. The summed E-state index contributed by atoms with van der Waals surface area (Å²) >= 11 is 0. The lowest BCUT2D eigenvalue weighted by molar-refractivity contribution is 0.0656. The Kier molecular flexibility index (Phi) is 3.22. The lowest BCUT2D eigenvalue weighted by Crippen LogP contribution is -2.39. The molecule has 3 rings (SSSR count). The van der Waals surface area contributed by atoms with Crippen molar-refractivity contribution >= 4 is 0 Å². The topological polar surface area (TPSA) is 52.0 Å². The van der Waals surface area contributed by atoms with E-state index in [2.05, 4.69) is 35.3 Å². The van der Waals surface area contributed by atoms with Crippen molar-refractivity contribution < 1.29 is 4.74 Å². The minimum absolute atomic E-state index is 0.163. The van der Waals surface area contributed by atoms with Crippen molar-refractivity contribution in [3.05, 3.63) is 42.0 Å². The third-order valence-corrected chi connectivity index (χ3v) is 3.53. The summed E-state index contributed by atoms with van der Waals surface area (Å²) < 4.78 is 7.75. The van der Waals surface area contributed by atoms with Crippen molar-refractivity contribution in [1.29, 1.82) is 0 Å². The maximum absolute atomic E-state index is 6.03. The first kappa shape index (κ1) is 13.1. The molecule has 20 heavy (non-hydrogen) atoms. The highest BCUT2D eigenvalue weighted by molar-refractivity contribution is 5.38. The molecule has 1 N–H and O–H groups in total. The van der Waals surface area contributed by atoms with Crippen LogP contribution in [-0.2, 0) is 13.6 Å². The van der Waals surface area contributed by atoms with Gasteiger partial charge in [-0.2, -0.15) is 5.10 Å². The Labute approximate surface area is 119 Å². The van der Waals surface area contributed by atoms with Crippen molar-refractivity contribution in [2.75, 3.05) is 0 Å². The maximum atomic E-state index is 6.03. The quantitative estimate of drug-likeness (QED) is 0.930. The summed E-state index contributed by atoms with van der Waals surface area (Å²) in [6, 6.07) is 8.47. The Balaban J connectivity index is 1.78. The highest BCUT2D eigenvalue weighted by atomic mass is 16.5. The van der Waals surface area contributed by atoms with E-state index in [-0.39, 0.29) is 11.6 Å². The van der Waals surface area contributed by atoms with Crippen molar-refractivity contribution in [3.8, 4) is 5.75 Å². The smallest absolute Gasteiger partial charge is 0.164 e. The molecule has 0 bridgehead atoms. The molecule has 1 atom stereocenters. The zero-order valence-corrected chi connectivity index (χ0v) is 12.1. The number of hydrogen-bond donors (Lipinski definition) is 1. The van der Waals surface area contributed by atoms with Crippen LogP contribution in [0.15, 0.2) is 30.6 Å². The first-order chi connectivity index (χ1) is 9.53. The first-order valence-corrected chi connectivity index (χ1v) is 6.89. The number of rotatable bonds is 3. The molecule has 0 radical (unpaired) electrons. The number of hydrogen-bond acceptors (Lipinski definition) is 4. The van der Waals surface area contributed by atoms with Gasteiger partial charge in [0.1, 0.15) is 17.7 Å². The van der Waals surface area contributed by atoms with E-state index in [1.807, 2.05) is 25.2 Å². The molecule has 0 amide bonds. The number of fused-ring (bicyclic) bond motifs is 1. The number of aryl methyl sites for hydroxylation is 1. The van der Waals surface area contributed by atoms with E-state index in [1.165, 1.54) is 5.56 Å². The fourth-order valence-corrected chi connectivity index (χ4v) is 2.66. The van der Waals surface area contributed by atoms with Crippen LogP contribution in [0.2, 0.25) is 0 Å². The van der Waals surface area contributed by atoms with Crippen LogP contribution in [0.3, 0.4) is 0 Å². The molecule has 1 unspecified atom stereocenters. The van der Waals surface area contributed by atoms with Gasteiger partial charge in [0.15, 0.2) is 5.82 Å². The molecule has 5 nitrogen and oxygen atoms in total. The lowest BCUT2D eigenvalue weighted by atomic mass is 9.90. The number of benzene rings is 1. The molecule has 106 valence electrons. The second kappa shape index (κ2) is 4.90. The van der Waals surface area contributed by atoms with E-state index in [4.69, 9.17) is 4.74 Å². The average Bonchev–Trinajstić information content (AvgIpc) is 2.80. The van der Waals surface area contributed by atoms with E-state index < -0.39 is 0 Å². The predicted octanol–water partition coefficient (Wildman–Crippen LogP) is 2.21. The molecule has 1 aromatic heterocycles.